The molecule has 0 saturated carbocycles. The highest BCUT2D eigenvalue weighted by atomic mass is 16.2. The van der Waals surface area contributed by atoms with E-state index in [0.717, 1.165) is 46.1 Å². The van der Waals surface area contributed by atoms with Gasteiger partial charge in [0, 0.05) is 41.5 Å². The van der Waals surface area contributed by atoms with Crippen molar-refractivity contribution in [2.45, 2.75) is 50.7 Å². The molecule has 198 valence electrons. The number of aromatic amines is 1. The second-order valence-electron chi connectivity index (χ2n) is 10.4. The van der Waals surface area contributed by atoms with Crippen LogP contribution in [0.1, 0.15) is 58.5 Å². The summed E-state index contributed by atoms with van der Waals surface area (Å²) in [5, 5.41) is 7.07. The molecule has 3 aromatic carbocycles. The Balaban J connectivity index is 1.35. The predicted octanol–water partition coefficient (Wildman–Crippen LogP) is 4.28. The predicted molar refractivity (Wildman–Crippen MR) is 150 cm³/mol. The van der Waals surface area contributed by atoms with Gasteiger partial charge in [0.1, 0.15) is 12.1 Å². The molecular formula is C32H32N4O3. The molecule has 4 aromatic rings. The number of nitrogens with zero attached hydrogens (tertiary/aromatic N) is 1. The Morgan fingerprint density at radius 3 is 2.56 bits per heavy atom. The van der Waals surface area contributed by atoms with Crippen molar-refractivity contribution < 1.29 is 14.4 Å². The zero-order valence-electron chi connectivity index (χ0n) is 21.9. The van der Waals surface area contributed by atoms with E-state index in [1.165, 1.54) is 0 Å². The van der Waals surface area contributed by atoms with E-state index in [-0.39, 0.29) is 23.8 Å². The summed E-state index contributed by atoms with van der Waals surface area (Å²) in [7, 11) is 0. The van der Waals surface area contributed by atoms with Crippen molar-refractivity contribution in [3.63, 3.8) is 0 Å². The van der Waals surface area contributed by atoms with Crippen LogP contribution < -0.4 is 10.6 Å². The normalized spacial score (nSPS) is 18.3. The van der Waals surface area contributed by atoms with Crippen LogP contribution in [0.5, 0.6) is 0 Å². The lowest BCUT2D eigenvalue weighted by molar-refractivity contribution is -0.132. The second kappa shape index (κ2) is 10.4. The fourth-order valence-corrected chi connectivity index (χ4v) is 5.98. The van der Waals surface area contributed by atoms with Crippen LogP contribution in [-0.2, 0) is 22.4 Å². The number of H-pyrrole nitrogens is 1. The molecule has 3 unspecified atom stereocenters. The number of carbonyl (C=O) groups is 3. The van der Waals surface area contributed by atoms with Gasteiger partial charge in [0.15, 0.2) is 0 Å². The van der Waals surface area contributed by atoms with Crippen molar-refractivity contribution in [1.29, 1.82) is 0 Å². The molecule has 39 heavy (non-hydrogen) atoms. The van der Waals surface area contributed by atoms with E-state index >= 15 is 0 Å². The molecule has 0 saturated heterocycles. The van der Waals surface area contributed by atoms with Crippen LogP contribution in [0.3, 0.4) is 0 Å². The van der Waals surface area contributed by atoms with Crippen molar-refractivity contribution in [2.75, 3.05) is 6.54 Å². The Morgan fingerprint density at radius 2 is 1.74 bits per heavy atom. The Kier molecular flexibility index (Phi) is 6.65. The highest BCUT2D eigenvalue weighted by Crippen LogP contribution is 2.46. The highest BCUT2D eigenvalue weighted by Gasteiger charge is 2.49. The van der Waals surface area contributed by atoms with E-state index < -0.39 is 12.1 Å². The monoisotopic (exact) mass is 520 g/mol. The maximum absolute atomic E-state index is 14.0. The van der Waals surface area contributed by atoms with Crippen LogP contribution in [0.25, 0.3) is 10.9 Å². The molecule has 7 heteroatoms. The van der Waals surface area contributed by atoms with Gasteiger partial charge in [-0.25, -0.2) is 0 Å². The lowest BCUT2D eigenvalue weighted by Gasteiger charge is -2.37. The molecule has 2 aliphatic rings. The van der Waals surface area contributed by atoms with Gasteiger partial charge in [-0.05, 0) is 35.2 Å². The summed E-state index contributed by atoms with van der Waals surface area (Å²) >= 11 is 0. The smallest absolute Gasteiger partial charge is 0.255 e. The second-order valence-corrected chi connectivity index (χ2v) is 10.4. The molecule has 2 aliphatic heterocycles. The molecule has 0 aliphatic carbocycles. The van der Waals surface area contributed by atoms with Gasteiger partial charge in [0.2, 0.25) is 11.8 Å². The number of para-hydroxylation sites is 1. The molecular weight excluding hydrogens is 488 g/mol. The molecule has 1 aromatic heterocycles. The number of nitrogens with one attached hydrogen (secondary N) is 3. The Bertz CT molecular complexity index is 1540. The first kappa shape index (κ1) is 24.9. The fraction of sp³-hybridized carbons (Fsp3) is 0.281. The van der Waals surface area contributed by atoms with E-state index in [9.17, 15) is 14.4 Å². The van der Waals surface area contributed by atoms with E-state index in [0.29, 0.717) is 24.9 Å². The third-order valence-electron chi connectivity index (χ3n) is 7.90. The van der Waals surface area contributed by atoms with Gasteiger partial charge in [-0.1, -0.05) is 80.1 Å². The standard InChI is InChI=1S/C32H32N4O3/c1-2-3-17-33-30(37)26(18-20-11-5-4-6-12-20)35-31(38)27-19-24-21-13-9-10-16-25(21)34-28(24)29-22-14-7-8-15-23(22)32(39)36(27)29/h4-16,26-27,29,34H,2-3,17-19H2,1H3,(H,33,37)(H,35,38). The Labute approximate surface area is 227 Å². The third kappa shape index (κ3) is 4.48. The molecule has 3 heterocycles. The summed E-state index contributed by atoms with van der Waals surface area (Å²) in [4.78, 5) is 46.2. The molecule has 3 atom stereocenters. The van der Waals surface area contributed by atoms with Crippen molar-refractivity contribution in [1.82, 2.24) is 20.5 Å². The lowest BCUT2D eigenvalue weighted by Crippen LogP contribution is -2.57. The summed E-state index contributed by atoms with van der Waals surface area (Å²) < 4.78 is 0. The van der Waals surface area contributed by atoms with Crippen molar-refractivity contribution >= 4 is 28.6 Å². The number of amides is 3. The van der Waals surface area contributed by atoms with Crippen LogP contribution in [0, 0.1) is 0 Å². The van der Waals surface area contributed by atoms with Gasteiger partial charge in [0.25, 0.3) is 5.91 Å². The van der Waals surface area contributed by atoms with Gasteiger partial charge in [-0.2, -0.15) is 0 Å². The number of benzene rings is 3. The minimum atomic E-state index is -0.750. The number of hydrogen-bond donors (Lipinski definition) is 3. The van der Waals surface area contributed by atoms with E-state index in [1.54, 1.807) is 4.90 Å². The van der Waals surface area contributed by atoms with Crippen molar-refractivity contribution in [2.24, 2.45) is 0 Å². The largest absolute Gasteiger partial charge is 0.356 e. The Hall–Kier alpha value is -4.39. The van der Waals surface area contributed by atoms with Gasteiger partial charge < -0.3 is 20.5 Å². The van der Waals surface area contributed by atoms with Crippen LogP contribution in [0.15, 0.2) is 78.9 Å². The third-order valence-corrected chi connectivity index (χ3v) is 7.90. The molecule has 7 nitrogen and oxygen atoms in total. The quantitative estimate of drug-likeness (QED) is 0.303. The number of unbranched alkanes of at least 4 members (excludes halogenated alkanes) is 1. The van der Waals surface area contributed by atoms with E-state index in [1.807, 2.05) is 72.8 Å². The number of fused-ring (bicyclic) bond motifs is 7. The van der Waals surface area contributed by atoms with E-state index in [2.05, 4.69) is 28.6 Å². The number of carbonyl (C=O) groups excluding carboxylic acids is 3. The molecule has 6 rings (SSSR count). The van der Waals surface area contributed by atoms with Crippen LogP contribution in [-0.4, -0.2) is 46.2 Å². The van der Waals surface area contributed by atoms with Gasteiger partial charge in [-0.3, -0.25) is 14.4 Å². The fourth-order valence-electron chi connectivity index (χ4n) is 5.98. The van der Waals surface area contributed by atoms with Crippen molar-refractivity contribution in [3.05, 3.63) is 107 Å². The van der Waals surface area contributed by atoms with Gasteiger partial charge >= 0.3 is 0 Å². The minimum absolute atomic E-state index is 0.160. The summed E-state index contributed by atoms with van der Waals surface area (Å²) in [5.41, 5.74) is 5.45. The maximum atomic E-state index is 14.0. The summed E-state index contributed by atoms with van der Waals surface area (Å²) in [5.74, 6) is -0.687. The number of rotatable bonds is 8. The summed E-state index contributed by atoms with van der Waals surface area (Å²) in [6.07, 6.45) is 2.57. The summed E-state index contributed by atoms with van der Waals surface area (Å²) in [6.45, 7) is 2.62. The van der Waals surface area contributed by atoms with Crippen LogP contribution in [0.2, 0.25) is 0 Å². The molecule has 0 bridgehead atoms. The molecule has 0 fully saturated rings. The average Bonchev–Trinajstić information content (AvgIpc) is 3.48. The van der Waals surface area contributed by atoms with Crippen LogP contribution >= 0.6 is 0 Å². The molecule has 3 amide bonds. The summed E-state index contributed by atoms with van der Waals surface area (Å²) in [6, 6.07) is 23.4. The molecule has 0 spiro atoms. The topological polar surface area (TPSA) is 94.3 Å². The first-order valence-corrected chi connectivity index (χ1v) is 13.7. The average molecular weight is 521 g/mol. The zero-order valence-corrected chi connectivity index (χ0v) is 21.9. The van der Waals surface area contributed by atoms with E-state index in [4.69, 9.17) is 0 Å². The first-order chi connectivity index (χ1) is 19.1. The maximum Gasteiger partial charge on any atom is 0.255 e. The highest BCUT2D eigenvalue weighted by molar-refractivity contribution is 6.04. The van der Waals surface area contributed by atoms with Crippen LogP contribution in [0.4, 0.5) is 0 Å². The zero-order chi connectivity index (χ0) is 26.9. The molecule has 3 N–H and O–H groups in total. The molecule has 0 radical (unpaired) electrons. The number of hydrogen-bond acceptors (Lipinski definition) is 3. The number of aromatic nitrogens is 1. The SMILES string of the molecule is CCCCNC(=O)C(Cc1ccccc1)NC(=O)C1Cc2c([nH]c3ccccc23)C2c3ccccc3C(=O)N12. The van der Waals surface area contributed by atoms with Gasteiger partial charge in [0.05, 0.1) is 6.04 Å². The minimum Gasteiger partial charge on any atom is -0.356 e. The Morgan fingerprint density at radius 1 is 1.00 bits per heavy atom. The van der Waals surface area contributed by atoms with Crippen molar-refractivity contribution in [3.8, 4) is 0 Å². The first-order valence-electron chi connectivity index (χ1n) is 13.7. The van der Waals surface area contributed by atoms with Gasteiger partial charge in [-0.15, -0.1) is 0 Å². The lowest BCUT2D eigenvalue weighted by atomic mass is 9.89.